The third-order valence-electron chi connectivity index (χ3n) is 4.21. The highest BCUT2D eigenvalue weighted by Crippen LogP contribution is 2.24. The lowest BCUT2D eigenvalue weighted by atomic mass is 10.0. The van der Waals surface area contributed by atoms with Crippen LogP contribution >= 0.6 is 0 Å². The van der Waals surface area contributed by atoms with Gasteiger partial charge in [-0.2, -0.15) is 5.10 Å². The van der Waals surface area contributed by atoms with E-state index >= 15 is 0 Å². The van der Waals surface area contributed by atoms with Gasteiger partial charge < -0.3 is 15.0 Å². The minimum atomic E-state index is -1.02. The first-order chi connectivity index (χ1) is 11.0. The van der Waals surface area contributed by atoms with E-state index in [1.165, 1.54) is 17.4 Å². The molecule has 0 bridgehead atoms. The number of carboxylic acids is 1. The van der Waals surface area contributed by atoms with Crippen LogP contribution < -0.4 is 0 Å². The molecular formula is C15H19N5O3. The number of hydrogen-bond acceptors (Lipinski definition) is 4. The predicted octanol–water partition coefficient (Wildman–Crippen LogP) is 0.976. The molecule has 0 fully saturated rings. The van der Waals surface area contributed by atoms with E-state index < -0.39 is 12.0 Å². The van der Waals surface area contributed by atoms with Crippen LogP contribution in [0.4, 0.5) is 0 Å². The maximum Gasteiger partial charge on any atom is 0.326 e. The largest absolute Gasteiger partial charge is 0.480 e. The fourth-order valence-electron chi connectivity index (χ4n) is 2.92. The van der Waals surface area contributed by atoms with Crippen LogP contribution in [0.15, 0.2) is 12.5 Å². The van der Waals surface area contributed by atoms with Crippen molar-refractivity contribution in [1.82, 2.24) is 24.6 Å². The molecule has 0 saturated heterocycles. The molecule has 1 aliphatic rings. The molecule has 0 unspecified atom stereocenters. The average Bonchev–Trinajstić information content (AvgIpc) is 3.12. The van der Waals surface area contributed by atoms with Gasteiger partial charge in [0.1, 0.15) is 6.04 Å². The fraction of sp³-hybridized carbons (Fsp3) is 0.467. The topological polar surface area (TPSA) is 104 Å². The average molecular weight is 317 g/mol. The molecule has 3 rings (SSSR count). The van der Waals surface area contributed by atoms with E-state index in [-0.39, 0.29) is 18.9 Å². The van der Waals surface area contributed by atoms with Crippen molar-refractivity contribution in [2.45, 2.75) is 45.8 Å². The van der Waals surface area contributed by atoms with Crippen LogP contribution in [0, 0.1) is 6.92 Å². The molecule has 0 aromatic carbocycles. The Morgan fingerprint density at radius 3 is 2.96 bits per heavy atom. The van der Waals surface area contributed by atoms with E-state index in [1.807, 2.05) is 13.8 Å². The van der Waals surface area contributed by atoms with E-state index in [2.05, 4.69) is 15.1 Å². The van der Waals surface area contributed by atoms with E-state index in [0.29, 0.717) is 11.3 Å². The van der Waals surface area contributed by atoms with Crippen molar-refractivity contribution in [3.8, 4) is 0 Å². The first-order valence-corrected chi connectivity index (χ1v) is 7.60. The molecule has 1 aliphatic heterocycles. The zero-order valence-corrected chi connectivity index (χ0v) is 13.1. The summed E-state index contributed by atoms with van der Waals surface area (Å²) in [6.45, 7) is 4.81. The molecule has 2 N–H and O–H groups in total. The first-order valence-electron chi connectivity index (χ1n) is 7.60. The third-order valence-corrected chi connectivity index (χ3v) is 4.21. The Labute approximate surface area is 133 Å². The quantitative estimate of drug-likeness (QED) is 0.874. The van der Waals surface area contributed by atoms with Crippen molar-refractivity contribution in [3.05, 3.63) is 35.2 Å². The van der Waals surface area contributed by atoms with E-state index in [1.54, 1.807) is 4.68 Å². The van der Waals surface area contributed by atoms with Crippen LogP contribution in [-0.2, 0) is 24.3 Å². The zero-order valence-electron chi connectivity index (χ0n) is 13.1. The number of aryl methyl sites for hydroxylation is 1. The predicted molar refractivity (Wildman–Crippen MR) is 80.8 cm³/mol. The van der Waals surface area contributed by atoms with Crippen molar-refractivity contribution >= 4 is 11.9 Å². The van der Waals surface area contributed by atoms with Crippen molar-refractivity contribution in [2.75, 3.05) is 0 Å². The lowest BCUT2D eigenvalue weighted by Crippen LogP contribution is -2.48. The monoisotopic (exact) mass is 317 g/mol. The second kappa shape index (κ2) is 5.86. The Hall–Kier alpha value is -2.64. The summed E-state index contributed by atoms with van der Waals surface area (Å²) in [4.78, 5) is 32.9. The molecule has 8 nitrogen and oxygen atoms in total. The molecule has 0 spiro atoms. The Balaban J connectivity index is 1.92. The summed E-state index contributed by atoms with van der Waals surface area (Å²) in [6.07, 6.45) is 4.17. The fourth-order valence-corrected chi connectivity index (χ4v) is 2.92. The minimum absolute atomic E-state index is 0.210. The molecule has 0 radical (unpaired) electrons. The van der Waals surface area contributed by atoms with Crippen LogP contribution in [-0.4, -0.2) is 47.7 Å². The van der Waals surface area contributed by atoms with Gasteiger partial charge >= 0.3 is 5.97 Å². The molecule has 8 heteroatoms. The summed E-state index contributed by atoms with van der Waals surface area (Å²) in [5.41, 5.74) is 2.71. The Morgan fingerprint density at radius 1 is 1.48 bits per heavy atom. The van der Waals surface area contributed by atoms with E-state index in [4.69, 9.17) is 0 Å². The smallest absolute Gasteiger partial charge is 0.326 e. The van der Waals surface area contributed by atoms with Gasteiger partial charge in [0.15, 0.2) is 0 Å². The third kappa shape index (κ3) is 2.60. The summed E-state index contributed by atoms with van der Waals surface area (Å²) in [7, 11) is 0. The standard InChI is InChI=1S/C15H19N5O3/c1-3-4-20-9(2)10(6-18-20)14(21)19-7-12-11(16-8-17-12)5-13(19)15(22)23/h6,8,13H,3-5,7H2,1-2H3,(H,16,17)(H,22,23)/t13-/m1/s1. The number of aromatic amines is 1. The number of carbonyl (C=O) groups excluding carboxylic acids is 1. The molecule has 3 heterocycles. The minimum Gasteiger partial charge on any atom is -0.480 e. The van der Waals surface area contributed by atoms with Gasteiger partial charge in [0.2, 0.25) is 0 Å². The summed E-state index contributed by atoms with van der Waals surface area (Å²) in [5, 5.41) is 13.7. The number of carboxylic acid groups (broad SMARTS) is 1. The summed E-state index contributed by atoms with van der Waals surface area (Å²) in [6, 6.07) is -0.910. The molecule has 1 amide bonds. The zero-order chi connectivity index (χ0) is 16.6. The Bertz CT molecular complexity index is 748. The molecule has 0 aliphatic carbocycles. The van der Waals surface area contributed by atoms with Gasteiger partial charge in [-0.15, -0.1) is 0 Å². The molecule has 2 aromatic heterocycles. The second-order valence-electron chi connectivity index (χ2n) is 5.69. The number of H-pyrrole nitrogens is 1. The molecule has 122 valence electrons. The molecule has 1 atom stereocenters. The summed E-state index contributed by atoms with van der Waals surface area (Å²) in [5.74, 6) is -1.33. The number of hydrogen-bond donors (Lipinski definition) is 2. The maximum absolute atomic E-state index is 12.9. The van der Waals surface area contributed by atoms with Crippen molar-refractivity contribution < 1.29 is 14.7 Å². The van der Waals surface area contributed by atoms with Gasteiger partial charge in [-0.05, 0) is 13.3 Å². The highest BCUT2D eigenvalue weighted by molar-refractivity contribution is 5.97. The first kappa shape index (κ1) is 15.3. The Kier molecular flexibility index (Phi) is 3.89. The van der Waals surface area contributed by atoms with Crippen molar-refractivity contribution in [1.29, 1.82) is 0 Å². The lowest BCUT2D eigenvalue weighted by Gasteiger charge is -2.32. The number of carbonyl (C=O) groups is 2. The van der Waals surface area contributed by atoms with Crippen LogP contribution in [0.3, 0.4) is 0 Å². The normalized spacial score (nSPS) is 17.1. The van der Waals surface area contributed by atoms with Crippen molar-refractivity contribution in [3.63, 3.8) is 0 Å². The van der Waals surface area contributed by atoms with Crippen LogP contribution in [0.5, 0.6) is 0 Å². The number of aliphatic carboxylic acids is 1. The number of amides is 1. The van der Waals surface area contributed by atoms with Gasteiger partial charge in [0.25, 0.3) is 5.91 Å². The van der Waals surface area contributed by atoms with E-state index in [9.17, 15) is 14.7 Å². The molecule has 2 aromatic rings. The number of nitrogens with zero attached hydrogens (tertiary/aromatic N) is 4. The number of nitrogens with one attached hydrogen (secondary N) is 1. The van der Waals surface area contributed by atoms with Crippen molar-refractivity contribution in [2.24, 2.45) is 0 Å². The van der Waals surface area contributed by atoms with Crippen LogP contribution in [0.2, 0.25) is 0 Å². The van der Waals surface area contributed by atoms with Gasteiger partial charge in [0, 0.05) is 18.7 Å². The van der Waals surface area contributed by atoms with Gasteiger partial charge in [0.05, 0.1) is 36.0 Å². The van der Waals surface area contributed by atoms with E-state index in [0.717, 1.165) is 24.4 Å². The number of imidazole rings is 1. The SMILES string of the molecule is CCCn1ncc(C(=O)N2Cc3[nH]cnc3C[C@@H]2C(=O)O)c1C. The Morgan fingerprint density at radius 2 is 2.26 bits per heavy atom. The van der Waals surface area contributed by atoms with Gasteiger partial charge in [-0.3, -0.25) is 9.48 Å². The maximum atomic E-state index is 12.9. The highest BCUT2D eigenvalue weighted by Gasteiger charge is 2.37. The molecule has 23 heavy (non-hydrogen) atoms. The highest BCUT2D eigenvalue weighted by atomic mass is 16.4. The molecule has 0 saturated carbocycles. The van der Waals surface area contributed by atoms with Gasteiger partial charge in [-0.1, -0.05) is 6.92 Å². The van der Waals surface area contributed by atoms with Crippen LogP contribution in [0.1, 0.15) is 40.8 Å². The molecular weight excluding hydrogens is 298 g/mol. The lowest BCUT2D eigenvalue weighted by molar-refractivity contribution is -0.142. The number of aromatic nitrogens is 4. The number of fused-ring (bicyclic) bond motifs is 1. The van der Waals surface area contributed by atoms with Crippen LogP contribution in [0.25, 0.3) is 0 Å². The summed E-state index contributed by atoms with van der Waals surface area (Å²) < 4.78 is 1.77. The number of rotatable bonds is 4. The second-order valence-corrected chi connectivity index (χ2v) is 5.69. The van der Waals surface area contributed by atoms with Gasteiger partial charge in [-0.25, -0.2) is 9.78 Å². The summed E-state index contributed by atoms with van der Waals surface area (Å²) >= 11 is 0.